The Balaban J connectivity index is 1.13. The molecule has 0 aliphatic carbocycles. The molecule has 2 aliphatic rings. The predicted octanol–water partition coefficient (Wildman–Crippen LogP) is 5.57. The maximum Gasteiger partial charge on any atom is 0.256 e. The molecule has 4 aromatic rings. The average molecular weight is 621 g/mol. The van der Waals surface area contributed by atoms with Gasteiger partial charge in [0.05, 0.1) is 28.0 Å². The minimum absolute atomic E-state index is 0.0156. The second-order valence-corrected chi connectivity index (χ2v) is 14.4. The number of rotatable bonds is 6. The third-order valence-corrected chi connectivity index (χ3v) is 11.6. The van der Waals surface area contributed by atoms with Gasteiger partial charge in [0, 0.05) is 56.3 Å². The number of fused-ring (bicyclic) bond motifs is 1. The molecule has 2 saturated heterocycles. The van der Waals surface area contributed by atoms with Gasteiger partial charge in [-0.3, -0.25) is 9.78 Å². The van der Waals surface area contributed by atoms with E-state index in [-0.39, 0.29) is 22.8 Å². The summed E-state index contributed by atoms with van der Waals surface area (Å²) in [7, 11) is -2.26. The van der Waals surface area contributed by atoms with Gasteiger partial charge in [0.1, 0.15) is 5.82 Å². The number of aromatic amines is 1. The van der Waals surface area contributed by atoms with Crippen LogP contribution >= 0.6 is 11.6 Å². The van der Waals surface area contributed by atoms with E-state index in [0.717, 1.165) is 51.9 Å². The van der Waals surface area contributed by atoms with Crippen LogP contribution in [0.5, 0.6) is 0 Å². The standard InChI is InChI=1S/C32H37ClN6O3S/c1-22-20-28(23(2)19-26(22)33)43(41,42)37(3)21-29-35-27-6-4-5-25(30(27)36-29)31(40)39-17-11-32(12-18-39)9-15-38(16-10-32)24-7-13-34-14-8-24/h4-8,13-14,19-20H,9-12,15-18,21H2,1-3H3,(H,35,36). The number of likely N-dealkylation sites (tertiary alicyclic amines) is 1. The Hall–Kier alpha value is -3.47. The van der Waals surface area contributed by atoms with Crippen LogP contribution in [0.25, 0.3) is 11.0 Å². The van der Waals surface area contributed by atoms with Crippen molar-refractivity contribution in [2.24, 2.45) is 5.41 Å². The van der Waals surface area contributed by atoms with E-state index in [1.165, 1.54) is 17.0 Å². The molecule has 2 aromatic carbocycles. The van der Waals surface area contributed by atoms with Gasteiger partial charge in [0.2, 0.25) is 10.0 Å². The number of anilines is 1. The lowest BCUT2D eigenvalue weighted by molar-refractivity contribution is 0.0516. The number of H-pyrrole nitrogens is 1. The van der Waals surface area contributed by atoms with E-state index in [9.17, 15) is 13.2 Å². The maximum absolute atomic E-state index is 13.7. The molecular formula is C32H37ClN6O3S. The van der Waals surface area contributed by atoms with E-state index in [4.69, 9.17) is 11.6 Å². The molecule has 0 atom stereocenters. The number of pyridine rings is 1. The van der Waals surface area contributed by atoms with Crippen molar-refractivity contribution in [1.29, 1.82) is 0 Å². The highest BCUT2D eigenvalue weighted by molar-refractivity contribution is 7.89. The van der Waals surface area contributed by atoms with Crippen molar-refractivity contribution in [3.63, 3.8) is 0 Å². The summed E-state index contributed by atoms with van der Waals surface area (Å²) in [5, 5.41) is 0.531. The second kappa shape index (κ2) is 11.6. The highest BCUT2D eigenvalue weighted by atomic mass is 35.5. The molecule has 0 radical (unpaired) electrons. The van der Waals surface area contributed by atoms with Gasteiger partial charge in [-0.05, 0) is 92.5 Å². The molecule has 0 saturated carbocycles. The number of nitrogens with one attached hydrogen (secondary N) is 1. The van der Waals surface area contributed by atoms with E-state index in [1.807, 2.05) is 35.5 Å². The highest BCUT2D eigenvalue weighted by Gasteiger charge is 2.39. The smallest absolute Gasteiger partial charge is 0.256 e. The molecule has 2 fully saturated rings. The van der Waals surface area contributed by atoms with Crippen LogP contribution in [0.3, 0.4) is 0 Å². The van der Waals surface area contributed by atoms with Crippen LogP contribution in [0.4, 0.5) is 5.69 Å². The lowest BCUT2D eigenvalue weighted by Gasteiger charge is -2.47. The topological polar surface area (TPSA) is 102 Å². The fourth-order valence-electron chi connectivity index (χ4n) is 6.48. The predicted molar refractivity (Wildman–Crippen MR) is 169 cm³/mol. The van der Waals surface area contributed by atoms with Crippen molar-refractivity contribution >= 4 is 44.3 Å². The SMILES string of the molecule is Cc1cc(S(=O)(=O)N(C)Cc2nc3cccc(C(=O)N4CCC5(CC4)CCN(c4ccncc4)CC5)c3[nH]2)c(C)cc1Cl. The molecule has 0 unspecified atom stereocenters. The number of aromatic nitrogens is 3. The molecule has 1 spiro atoms. The number of imidazole rings is 1. The second-order valence-electron chi connectivity index (χ2n) is 12.0. The Morgan fingerprint density at radius 3 is 2.37 bits per heavy atom. The first-order valence-electron chi connectivity index (χ1n) is 14.7. The largest absolute Gasteiger partial charge is 0.371 e. The molecule has 0 bridgehead atoms. The Bertz CT molecular complexity index is 1760. The van der Waals surface area contributed by atoms with Crippen LogP contribution < -0.4 is 4.90 Å². The molecule has 4 heterocycles. The van der Waals surface area contributed by atoms with Gasteiger partial charge >= 0.3 is 0 Å². The van der Waals surface area contributed by atoms with E-state index < -0.39 is 10.0 Å². The summed E-state index contributed by atoms with van der Waals surface area (Å²) >= 11 is 6.19. The quantitative estimate of drug-likeness (QED) is 0.302. The molecule has 9 nitrogen and oxygen atoms in total. The molecule has 1 N–H and O–H groups in total. The molecule has 2 aliphatic heterocycles. The van der Waals surface area contributed by atoms with Gasteiger partial charge in [0.15, 0.2) is 0 Å². The van der Waals surface area contributed by atoms with E-state index >= 15 is 0 Å². The molecule has 43 heavy (non-hydrogen) atoms. The number of nitrogens with zero attached hydrogens (tertiary/aromatic N) is 5. The number of amides is 1. The van der Waals surface area contributed by atoms with Gasteiger partial charge in [-0.1, -0.05) is 17.7 Å². The molecular weight excluding hydrogens is 584 g/mol. The van der Waals surface area contributed by atoms with Crippen LogP contribution in [-0.4, -0.2) is 71.7 Å². The Labute approximate surface area is 257 Å². The zero-order chi connectivity index (χ0) is 30.4. The van der Waals surface area contributed by atoms with Crippen LogP contribution in [-0.2, 0) is 16.6 Å². The van der Waals surface area contributed by atoms with Crippen molar-refractivity contribution in [3.05, 3.63) is 82.4 Å². The molecule has 6 rings (SSSR count). The monoisotopic (exact) mass is 620 g/mol. The van der Waals surface area contributed by atoms with Crippen LogP contribution in [0.15, 0.2) is 59.8 Å². The van der Waals surface area contributed by atoms with Crippen LogP contribution in [0, 0.1) is 19.3 Å². The average Bonchev–Trinajstić information content (AvgIpc) is 3.42. The summed E-state index contributed by atoms with van der Waals surface area (Å²) in [5.41, 5.74) is 4.63. The van der Waals surface area contributed by atoms with E-state index in [1.54, 1.807) is 26.0 Å². The zero-order valence-electron chi connectivity index (χ0n) is 24.8. The number of para-hydroxylation sites is 1. The van der Waals surface area contributed by atoms with Crippen LogP contribution in [0.2, 0.25) is 5.02 Å². The first-order chi connectivity index (χ1) is 20.6. The fourth-order valence-corrected chi connectivity index (χ4v) is 8.12. The third kappa shape index (κ3) is 5.75. The van der Waals surface area contributed by atoms with Gasteiger partial charge in [0.25, 0.3) is 5.91 Å². The fraction of sp³-hybridized carbons (Fsp3) is 0.406. The molecule has 11 heteroatoms. The van der Waals surface area contributed by atoms with Crippen LogP contribution in [0.1, 0.15) is 53.0 Å². The normalized spacial score (nSPS) is 17.2. The molecule has 2 aromatic heterocycles. The Morgan fingerprint density at radius 2 is 1.67 bits per heavy atom. The molecule has 226 valence electrons. The van der Waals surface area contributed by atoms with Gasteiger partial charge < -0.3 is 14.8 Å². The summed E-state index contributed by atoms with van der Waals surface area (Å²) in [6, 6.07) is 12.9. The Kier molecular flexibility index (Phi) is 7.95. The summed E-state index contributed by atoms with van der Waals surface area (Å²) in [5.74, 6) is 0.460. The van der Waals surface area contributed by atoms with Gasteiger partial charge in [-0.25, -0.2) is 13.4 Å². The van der Waals surface area contributed by atoms with Crippen molar-refractivity contribution in [3.8, 4) is 0 Å². The summed E-state index contributed by atoms with van der Waals surface area (Å²) in [6.45, 7) is 7.06. The van der Waals surface area contributed by atoms with E-state index in [2.05, 4.69) is 32.0 Å². The van der Waals surface area contributed by atoms with Crippen molar-refractivity contribution in [1.82, 2.24) is 24.2 Å². The zero-order valence-corrected chi connectivity index (χ0v) is 26.4. The minimum Gasteiger partial charge on any atom is -0.371 e. The first kappa shape index (κ1) is 29.6. The summed E-state index contributed by atoms with van der Waals surface area (Å²) < 4.78 is 28.1. The number of aryl methyl sites for hydroxylation is 2. The number of hydrogen-bond donors (Lipinski definition) is 1. The van der Waals surface area contributed by atoms with Gasteiger partial charge in [-0.2, -0.15) is 4.31 Å². The lowest BCUT2D eigenvalue weighted by atomic mass is 9.71. The summed E-state index contributed by atoms with van der Waals surface area (Å²) in [6.07, 6.45) is 7.94. The first-order valence-corrected chi connectivity index (χ1v) is 16.5. The number of carbonyl (C=O) groups excluding carboxylic acids is 1. The number of benzene rings is 2. The minimum atomic E-state index is -3.79. The van der Waals surface area contributed by atoms with E-state index in [0.29, 0.717) is 38.6 Å². The lowest BCUT2D eigenvalue weighted by Crippen LogP contribution is -2.48. The van der Waals surface area contributed by atoms with Crippen molar-refractivity contribution in [2.45, 2.75) is 51.0 Å². The highest BCUT2D eigenvalue weighted by Crippen LogP contribution is 2.42. The molecule has 1 amide bonds. The third-order valence-electron chi connectivity index (χ3n) is 9.28. The Morgan fingerprint density at radius 1 is 1.00 bits per heavy atom. The number of piperidine rings is 2. The number of hydrogen-bond acceptors (Lipinski definition) is 6. The van der Waals surface area contributed by atoms with Crippen molar-refractivity contribution in [2.75, 3.05) is 38.1 Å². The summed E-state index contributed by atoms with van der Waals surface area (Å²) in [4.78, 5) is 30.4. The van der Waals surface area contributed by atoms with Crippen molar-refractivity contribution < 1.29 is 13.2 Å². The number of sulfonamides is 1. The number of carbonyl (C=O) groups is 1. The number of halogens is 1. The van der Waals surface area contributed by atoms with Gasteiger partial charge in [-0.15, -0.1) is 0 Å². The maximum atomic E-state index is 13.7.